The maximum Gasteiger partial charge on any atom is 0.435 e. The quantitative estimate of drug-likeness (QED) is 0.725. The van der Waals surface area contributed by atoms with E-state index in [0.29, 0.717) is 10.5 Å². The Morgan fingerprint density at radius 2 is 2.11 bits per heavy atom. The normalized spacial score (nSPS) is 11.8. The lowest BCUT2D eigenvalue weighted by Crippen LogP contribution is -2.27. The summed E-state index contributed by atoms with van der Waals surface area (Å²) in [7, 11) is 0. The molecule has 18 heavy (non-hydrogen) atoms. The van der Waals surface area contributed by atoms with Gasteiger partial charge in [-0.25, -0.2) is 4.79 Å². The minimum absolute atomic E-state index is 0.522. The highest BCUT2D eigenvalue weighted by Gasteiger charge is 2.20. The van der Waals surface area contributed by atoms with Gasteiger partial charge in [0.1, 0.15) is 5.60 Å². The lowest BCUT2D eigenvalue weighted by atomic mass is 10.2. The number of benzene rings is 1. The third-order valence-corrected chi connectivity index (χ3v) is 3.04. The van der Waals surface area contributed by atoms with Gasteiger partial charge < -0.3 is 4.74 Å². The Morgan fingerprint density at radius 3 is 2.72 bits per heavy atom. The first kappa shape index (κ1) is 13.4. The number of hydrogen-bond donors (Lipinski definition) is 0. The van der Waals surface area contributed by atoms with Gasteiger partial charge in [0, 0.05) is 14.9 Å². The van der Waals surface area contributed by atoms with Crippen molar-refractivity contribution in [3.63, 3.8) is 0 Å². The molecule has 0 spiro atoms. The SMILES string of the molecule is CC(C)(C)OC(=O)n1ncc2c(Br)cc(Cl)cc21. The Bertz CT molecular complexity index is 616. The summed E-state index contributed by atoms with van der Waals surface area (Å²) in [4.78, 5) is 12.0. The van der Waals surface area contributed by atoms with Crippen LogP contribution in [0.15, 0.2) is 22.8 Å². The van der Waals surface area contributed by atoms with Gasteiger partial charge in [-0.3, -0.25) is 0 Å². The molecule has 1 aromatic carbocycles. The average molecular weight is 332 g/mol. The number of carbonyl (C=O) groups excluding carboxylic acids is 1. The van der Waals surface area contributed by atoms with E-state index in [1.807, 2.05) is 0 Å². The molecule has 0 unspecified atom stereocenters. The number of aromatic nitrogens is 2. The molecule has 0 aliphatic rings. The van der Waals surface area contributed by atoms with Gasteiger partial charge in [0.25, 0.3) is 0 Å². The second kappa shape index (κ2) is 4.55. The van der Waals surface area contributed by atoms with Crippen LogP contribution in [0.2, 0.25) is 5.02 Å². The lowest BCUT2D eigenvalue weighted by molar-refractivity contribution is 0.0523. The first-order valence-electron chi connectivity index (χ1n) is 5.34. The van der Waals surface area contributed by atoms with E-state index >= 15 is 0 Å². The van der Waals surface area contributed by atoms with Crippen LogP contribution < -0.4 is 0 Å². The van der Waals surface area contributed by atoms with Crippen LogP contribution in [0.25, 0.3) is 10.9 Å². The zero-order chi connectivity index (χ0) is 13.5. The van der Waals surface area contributed by atoms with Crippen LogP contribution in [0.5, 0.6) is 0 Å². The Kier molecular flexibility index (Phi) is 3.38. The van der Waals surface area contributed by atoms with Crippen molar-refractivity contribution in [2.45, 2.75) is 26.4 Å². The van der Waals surface area contributed by atoms with Crippen molar-refractivity contribution in [2.75, 3.05) is 0 Å². The van der Waals surface area contributed by atoms with E-state index in [2.05, 4.69) is 21.0 Å². The van der Waals surface area contributed by atoms with Gasteiger partial charge >= 0.3 is 6.09 Å². The summed E-state index contributed by atoms with van der Waals surface area (Å²) in [5.41, 5.74) is 0.0501. The number of carbonyl (C=O) groups is 1. The molecule has 2 aromatic rings. The van der Waals surface area contributed by atoms with Crippen LogP contribution in [0, 0.1) is 0 Å². The molecule has 0 saturated heterocycles. The molecule has 0 N–H and O–H groups in total. The fourth-order valence-corrected chi connectivity index (χ4v) is 2.40. The maximum absolute atomic E-state index is 12.0. The van der Waals surface area contributed by atoms with E-state index in [0.717, 1.165) is 9.86 Å². The number of fused-ring (bicyclic) bond motifs is 1. The van der Waals surface area contributed by atoms with Crippen LogP contribution >= 0.6 is 27.5 Å². The molecule has 0 radical (unpaired) electrons. The Labute approximate surface area is 118 Å². The number of nitrogens with zero attached hydrogens (tertiary/aromatic N) is 2. The third kappa shape index (κ3) is 2.67. The summed E-state index contributed by atoms with van der Waals surface area (Å²) < 4.78 is 7.27. The largest absolute Gasteiger partial charge is 0.442 e. The fourth-order valence-electron chi connectivity index (χ4n) is 1.50. The summed E-state index contributed by atoms with van der Waals surface area (Å²) in [6, 6.07) is 3.43. The minimum Gasteiger partial charge on any atom is -0.442 e. The molecule has 0 aliphatic heterocycles. The van der Waals surface area contributed by atoms with Crippen LogP contribution in [0.3, 0.4) is 0 Å². The number of halogens is 2. The van der Waals surface area contributed by atoms with Gasteiger partial charge in [0.05, 0.1) is 11.7 Å². The van der Waals surface area contributed by atoms with Crippen molar-refractivity contribution >= 4 is 44.5 Å². The van der Waals surface area contributed by atoms with E-state index in [-0.39, 0.29) is 0 Å². The second-order valence-electron chi connectivity index (χ2n) is 4.86. The van der Waals surface area contributed by atoms with Gasteiger partial charge in [-0.15, -0.1) is 0 Å². The highest BCUT2D eigenvalue weighted by molar-refractivity contribution is 9.10. The first-order valence-corrected chi connectivity index (χ1v) is 6.51. The molecule has 6 heteroatoms. The van der Waals surface area contributed by atoms with Gasteiger partial charge in [-0.1, -0.05) is 11.6 Å². The molecular weight excluding hydrogens is 320 g/mol. The smallest absolute Gasteiger partial charge is 0.435 e. The third-order valence-electron chi connectivity index (χ3n) is 2.17. The Hall–Kier alpha value is -1.07. The van der Waals surface area contributed by atoms with Gasteiger partial charge in [0.2, 0.25) is 0 Å². The van der Waals surface area contributed by atoms with Crippen molar-refractivity contribution in [1.82, 2.24) is 9.78 Å². The molecule has 2 rings (SSSR count). The monoisotopic (exact) mass is 330 g/mol. The van der Waals surface area contributed by atoms with Crippen molar-refractivity contribution in [2.24, 2.45) is 0 Å². The predicted octanol–water partition coefficient (Wildman–Crippen LogP) is 4.24. The molecule has 0 amide bonds. The molecule has 0 fully saturated rings. The van der Waals surface area contributed by atoms with Crippen LogP contribution in [-0.2, 0) is 4.74 Å². The minimum atomic E-state index is -0.564. The molecule has 0 atom stereocenters. The standard InChI is InChI=1S/C12H12BrClN2O2/c1-12(2,3)18-11(17)16-10-5-7(14)4-9(13)8(10)6-15-16/h4-6H,1-3H3. The number of hydrogen-bond acceptors (Lipinski definition) is 3. The maximum atomic E-state index is 12.0. The van der Waals surface area contributed by atoms with Crippen molar-refractivity contribution in [3.05, 3.63) is 27.8 Å². The molecule has 0 saturated carbocycles. The van der Waals surface area contributed by atoms with E-state index in [1.54, 1.807) is 39.1 Å². The zero-order valence-corrected chi connectivity index (χ0v) is 12.5. The number of rotatable bonds is 0. The molecule has 0 bridgehead atoms. The van der Waals surface area contributed by atoms with Crippen LogP contribution in [-0.4, -0.2) is 21.5 Å². The summed E-state index contributed by atoms with van der Waals surface area (Å²) >= 11 is 9.35. The van der Waals surface area contributed by atoms with Crippen LogP contribution in [0.1, 0.15) is 20.8 Å². The molecule has 0 aliphatic carbocycles. The summed E-state index contributed by atoms with van der Waals surface area (Å²) in [6.07, 6.45) is 1.08. The van der Waals surface area contributed by atoms with Crippen molar-refractivity contribution in [3.8, 4) is 0 Å². The van der Waals surface area contributed by atoms with Crippen molar-refractivity contribution < 1.29 is 9.53 Å². The average Bonchev–Trinajstić information content (AvgIpc) is 2.58. The summed E-state index contributed by atoms with van der Waals surface area (Å²) in [5, 5.41) is 5.37. The van der Waals surface area contributed by atoms with E-state index in [4.69, 9.17) is 16.3 Å². The number of ether oxygens (including phenoxy) is 1. The molecule has 1 heterocycles. The van der Waals surface area contributed by atoms with Gasteiger partial charge in [-0.2, -0.15) is 9.78 Å². The van der Waals surface area contributed by atoms with E-state index < -0.39 is 11.7 Å². The second-order valence-corrected chi connectivity index (χ2v) is 6.15. The van der Waals surface area contributed by atoms with E-state index in [9.17, 15) is 4.79 Å². The molecular formula is C12H12BrClN2O2. The summed E-state index contributed by atoms with van der Waals surface area (Å²) in [6.45, 7) is 5.42. The predicted molar refractivity (Wildman–Crippen MR) is 74.1 cm³/mol. The lowest BCUT2D eigenvalue weighted by Gasteiger charge is -2.19. The summed E-state index contributed by atoms with van der Waals surface area (Å²) in [5.74, 6) is 0. The highest BCUT2D eigenvalue weighted by Crippen LogP contribution is 2.28. The van der Waals surface area contributed by atoms with Crippen molar-refractivity contribution in [1.29, 1.82) is 0 Å². The zero-order valence-electron chi connectivity index (χ0n) is 10.2. The molecule has 1 aromatic heterocycles. The fraction of sp³-hybridized carbons (Fsp3) is 0.333. The highest BCUT2D eigenvalue weighted by atomic mass is 79.9. The van der Waals surface area contributed by atoms with Crippen LogP contribution in [0.4, 0.5) is 4.79 Å². The molecule has 4 nitrogen and oxygen atoms in total. The van der Waals surface area contributed by atoms with Gasteiger partial charge in [-0.05, 0) is 48.8 Å². The van der Waals surface area contributed by atoms with Gasteiger partial charge in [0.15, 0.2) is 0 Å². The topological polar surface area (TPSA) is 44.1 Å². The van der Waals surface area contributed by atoms with E-state index in [1.165, 1.54) is 4.68 Å². The Morgan fingerprint density at radius 1 is 1.44 bits per heavy atom. The Balaban J connectivity index is 2.49. The molecule has 96 valence electrons. The first-order chi connectivity index (χ1) is 8.28.